The van der Waals surface area contributed by atoms with Crippen LogP contribution in [0.3, 0.4) is 0 Å². The van der Waals surface area contributed by atoms with Crippen molar-refractivity contribution in [1.82, 2.24) is 5.32 Å². The predicted molar refractivity (Wildman–Crippen MR) is 105 cm³/mol. The number of carbonyl (C=O) groups is 1. The number of hydrogen-bond acceptors (Lipinski definition) is 4. The molecule has 1 fully saturated rings. The number of hydrogen-bond donors (Lipinski definition) is 1. The number of rotatable bonds is 5. The lowest BCUT2D eigenvalue weighted by Crippen LogP contribution is -2.45. The number of carbonyl (C=O) groups excluding carboxylic acids is 1. The van der Waals surface area contributed by atoms with E-state index >= 15 is 4.39 Å². The van der Waals surface area contributed by atoms with E-state index in [0.717, 1.165) is 17.7 Å². The molecule has 29 heavy (non-hydrogen) atoms. The maximum absolute atomic E-state index is 15.4. The van der Waals surface area contributed by atoms with E-state index < -0.39 is 32.6 Å². The SMILES string of the molecule is COc1cc(F)cc(C(=O)NC2CCC(F)(S(=O)(=O)c3cccc(C)c3)CC2)c1. The van der Waals surface area contributed by atoms with Crippen LogP contribution in [0.4, 0.5) is 8.78 Å². The minimum atomic E-state index is -4.15. The average Bonchev–Trinajstić information content (AvgIpc) is 2.69. The standard InChI is InChI=1S/C21H23F2NO4S/c1-14-4-3-5-19(10-14)29(26,27)21(23)8-6-17(7-9-21)24-20(25)15-11-16(22)13-18(12-15)28-2/h3-5,10-13,17H,6-9H2,1-2H3,(H,24,25). The van der Waals surface area contributed by atoms with Crippen molar-refractivity contribution in [1.29, 1.82) is 0 Å². The zero-order chi connectivity index (χ0) is 21.2. The maximum atomic E-state index is 15.4. The number of sulfone groups is 1. The highest BCUT2D eigenvalue weighted by molar-refractivity contribution is 7.92. The summed E-state index contributed by atoms with van der Waals surface area (Å²) in [6.45, 7) is 1.75. The molecule has 1 saturated carbocycles. The molecular weight excluding hydrogens is 400 g/mol. The summed E-state index contributed by atoms with van der Waals surface area (Å²) in [6, 6.07) is 9.45. The Bertz CT molecular complexity index is 1020. The Morgan fingerprint density at radius 2 is 1.86 bits per heavy atom. The van der Waals surface area contributed by atoms with Gasteiger partial charge in [0.15, 0.2) is 0 Å². The highest BCUT2D eigenvalue weighted by atomic mass is 32.2. The van der Waals surface area contributed by atoms with Gasteiger partial charge in [-0.05, 0) is 62.4 Å². The van der Waals surface area contributed by atoms with E-state index in [-0.39, 0.29) is 41.9 Å². The Kier molecular flexibility index (Phi) is 5.93. The van der Waals surface area contributed by atoms with Gasteiger partial charge in [0, 0.05) is 17.7 Å². The fraction of sp³-hybridized carbons (Fsp3) is 0.381. The molecule has 1 N–H and O–H groups in total. The van der Waals surface area contributed by atoms with E-state index in [1.165, 1.54) is 25.3 Å². The lowest BCUT2D eigenvalue weighted by Gasteiger charge is -2.33. The largest absolute Gasteiger partial charge is 0.497 e. The van der Waals surface area contributed by atoms with Gasteiger partial charge in [0.25, 0.3) is 5.91 Å². The first-order valence-electron chi connectivity index (χ1n) is 9.30. The minimum absolute atomic E-state index is 0.0330. The lowest BCUT2D eigenvalue weighted by molar-refractivity contribution is 0.0905. The molecule has 2 aromatic carbocycles. The number of amides is 1. The Labute approximate surface area is 169 Å². The third-order valence-electron chi connectivity index (χ3n) is 5.22. The predicted octanol–water partition coefficient (Wildman–Crippen LogP) is 3.95. The smallest absolute Gasteiger partial charge is 0.251 e. The monoisotopic (exact) mass is 423 g/mol. The summed E-state index contributed by atoms with van der Waals surface area (Å²) >= 11 is 0. The molecule has 0 aliphatic heterocycles. The Hall–Kier alpha value is -2.48. The van der Waals surface area contributed by atoms with Gasteiger partial charge in [0.05, 0.1) is 12.0 Å². The van der Waals surface area contributed by atoms with Crippen molar-refractivity contribution in [3.63, 3.8) is 0 Å². The van der Waals surface area contributed by atoms with E-state index in [2.05, 4.69) is 5.32 Å². The summed E-state index contributed by atoms with van der Waals surface area (Å²) in [5.41, 5.74) is 0.826. The van der Waals surface area contributed by atoms with E-state index in [4.69, 9.17) is 4.74 Å². The van der Waals surface area contributed by atoms with Gasteiger partial charge in [0.1, 0.15) is 11.6 Å². The number of halogens is 2. The molecule has 1 amide bonds. The van der Waals surface area contributed by atoms with Crippen molar-refractivity contribution in [2.45, 2.75) is 48.5 Å². The highest BCUT2D eigenvalue weighted by Gasteiger charge is 2.47. The van der Waals surface area contributed by atoms with E-state index in [0.29, 0.717) is 0 Å². The second-order valence-electron chi connectivity index (χ2n) is 7.33. The number of ether oxygens (including phenoxy) is 1. The number of alkyl halides is 1. The second-order valence-corrected chi connectivity index (χ2v) is 9.54. The summed E-state index contributed by atoms with van der Waals surface area (Å²) in [6.07, 6.45) is -0.110. The molecule has 0 saturated heterocycles. The van der Waals surface area contributed by atoms with Crippen LogP contribution in [0.1, 0.15) is 41.6 Å². The molecular formula is C21H23F2NO4S. The van der Waals surface area contributed by atoms with Crippen LogP contribution >= 0.6 is 0 Å². The molecule has 0 bridgehead atoms. The third kappa shape index (κ3) is 4.42. The lowest BCUT2D eigenvalue weighted by atomic mass is 9.93. The molecule has 0 aromatic heterocycles. The molecule has 156 valence electrons. The Morgan fingerprint density at radius 1 is 1.17 bits per heavy atom. The molecule has 0 spiro atoms. The van der Waals surface area contributed by atoms with Gasteiger partial charge in [-0.15, -0.1) is 0 Å². The van der Waals surface area contributed by atoms with Crippen LogP contribution in [0.5, 0.6) is 5.75 Å². The topological polar surface area (TPSA) is 72.5 Å². The molecule has 1 aliphatic rings. The minimum Gasteiger partial charge on any atom is -0.497 e. The van der Waals surface area contributed by atoms with Gasteiger partial charge in [0.2, 0.25) is 14.8 Å². The van der Waals surface area contributed by atoms with Crippen molar-refractivity contribution in [3.05, 3.63) is 59.4 Å². The van der Waals surface area contributed by atoms with Crippen LogP contribution in [0.2, 0.25) is 0 Å². The van der Waals surface area contributed by atoms with Crippen LogP contribution < -0.4 is 10.1 Å². The van der Waals surface area contributed by atoms with Gasteiger partial charge in [-0.1, -0.05) is 12.1 Å². The van der Waals surface area contributed by atoms with Crippen molar-refractivity contribution in [2.24, 2.45) is 0 Å². The normalized spacial score (nSPS) is 22.1. The average molecular weight is 423 g/mol. The van der Waals surface area contributed by atoms with Gasteiger partial charge >= 0.3 is 0 Å². The van der Waals surface area contributed by atoms with Crippen LogP contribution in [-0.4, -0.2) is 32.5 Å². The van der Waals surface area contributed by atoms with E-state index in [9.17, 15) is 17.6 Å². The first-order valence-corrected chi connectivity index (χ1v) is 10.8. The first kappa shape index (κ1) is 21.2. The number of nitrogens with one attached hydrogen (secondary N) is 1. The van der Waals surface area contributed by atoms with Gasteiger partial charge < -0.3 is 10.1 Å². The molecule has 0 radical (unpaired) electrons. The zero-order valence-electron chi connectivity index (χ0n) is 16.2. The highest BCUT2D eigenvalue weighted by Crippen LogP contribution is 2.40. The summed E-state index contributed by atoms with van der Waals surface area (Å²) in [4.78, 5) is 12.4. The molecule has 3 rings (SSSR count). The molecule has 0 heterocycles. The van der Waals surface area contributed by atoms with Crippen LogP contribution in [0.15, 0.2) is 47.4 Å². The molecule has 5 nitrogen and oxygen atoms in total. The fourth-order valence-corrected chi connectivity index (χ4v) is 5.33. The van der Waals surface area contributed by atoms with E-state index in [1.807, 2.05) is 0 Å². The maximum Gasteiger partial charge on any atom is 0.251 e. The van der Waals surface area contributed by atoms with Gasteiger partial charge in [-0.2, -0.15) is 0 Å². The molecule has 8 heteroatoms. The third-order valence-corrected chi connectivity index (χ3v) is 7.46. The number of methoxy groups -OCH3 is 1. The van der Waals surface area contributed by atoms with Crippen molar-refractivity contribution in [3.8, 4) is 5.75 Å². The Morgan fingerprint density at radius 3 is 2.48 bits per heavy atom. The summed E-state index contributed by atoms with van der Waals surface area (Å²) in [7, 11) is -2.78. The molecule has 0 unspecified atom stereocenters. The van der Waals surface area contributed by atoms with Crippen LogP contribution in [0.25, 0.3) is 0 Å². The number of aryl methyl sites for hydroxylation is 1. The quantitative estimate of drug-likeness (QED) is 0.790. The van der Waals surface area contributed by atoms with Crippen LogP contribution in [0, 0.1) is 12.7 Å². The summed E-state index contributed by atoms with van der Waals surface area (Å²) in [5, 5.41) is 0.358. The second kappa shape index (κ2) is 8.10. The summed E-state index contributed by atoms with van der Waals surface area (Å²) in [5.74, 6) is -0.906. The van der Waals surface area contributed by atoms with Crippen molar-refractivity contribution < 1.29 is 26.7 Å². The molecule has 1 aliphatic carbocycles. The van der Waals surface area contributed by atoms with Gasteiger partial charge in [-0.25, -0.2) is 17.2 Å². The summed E-state index contributed by atoms with van der Waals surface area (Å²) < 4.78 is 59.5. The zero-order valence-corrected chi connectivity index (χ0v) is 17.1. The first-order chi connectivity index (χ1) is 13.6. The van der Waals surface area contributed by atoms with E-state index in [1.54, 1.807) is 19.1 Å². The molecule has 0 atom stereocenters. The van der Waals surface area contributed by atoms with Crippen molar-refractivity contribution >= 4 is 15.7 Å². The molecule has 2 aromatic rings. The fourth-order valence-electron chi connectivity index (χ4n) is 3.54. The number of benzene rings is 2. The van der Waals surface area contributed by atoms with Crippen molar-refractivity contribution in [2.75, 3.05) is 7.11 Å². The van der Waals surface area contributed by atoms with Gasteiger partial charge in [-0.3, -0.25) is 4.79 Å². The van der Waals surface area contributed by atoms with Crippen LogP contribution in [-0.2, 0) is 9.84 Å². The Balaban J connectivity index is 1.68.